The van der Waals surface area contributed by atoms with Gasteiger partial charge in [-0.2, -0.15) is 23.6 Å². The van der Waals surface area contributed by atoms with Gasteiger partial charge in [-0.25, -0.2) is 13.4 Å². The first-order valence-corrected chi connectivity index (χ1v) is 9.94. The van der Waals surface area contributed by atoms with Crippen LogP contribution in [0, 0.1) is 6.92 Å². The molecular formula is C18H15F2N5O4S. The number of aliphatic imine (C=N–C) groups is 2. The van der Waals surface area contributed by atoms with Crippen molar-refractivity contribution in [3.63, 3.8) is 0 Å². The van der Waals surface area contributed by atoms with Crippen LogP contribution in [0.25, 0.3) is 0 Å². The van der Waals surface area contributed by atoms with Crippen molar-refractivity contribution in [2.75, 3.05) is 5.32 Å². The maximum atomic E-state index is 13.0. The highest BCUT2D eigenvalue weighted by Crippen LogP contribution is 2.23. The average Bonchev–Trinajstić information content (AvgIpc) is 3.05. The Morgan fingerprint density at radius 2 is 1.87 bits per heavy atom. The number of aromatic nitrogens is 2. The molecule has 0 saturated heterocycles. The SMILES string of the molecule is C=C1C(=O)N=C(n2nc(C)cc2NC(=O)c2ccccc2S(=O)(=O)C(F)F)N=C1C. The minimum absolute atomic E-state index is 0.0114. The molecule has 3 rings (SSSR count). The summed E-state index contributed by atoms with van der Waals surface area (Å²) in [5, 5.41) is 6.52. The Morgan fingerprint density at radius 3 is 2.50 bits per heavy atom. The third-order valence-corrected chi connectivity index (χ3v) is 5.54. The van der Waals surface area contributed by atoms with E-state index in [1.54, 1.807) is 13.8 Å². The van der Waals surface area contributed by atoms with Crippen LogP contribution in [-0.4, -0.2) is 47.4 Å². The zero-order valence-electron chi connectivity index (χ0n) is 15.8. The number of alkyl halides is 2. The summed E-state index contributed by atoms with van der Waals surface area (Å²) in [5.41, 5.74) is 0.368. The molecule has 30 heavy (non-hydrogen) atoms. The van der Waals surface area contributed by atoms with Gasteiger partial charge in [0.05, 0.1) is 27.4 Å². The van der Waals surface area contributed by atoms with Gasteiger partial charge in [-0.05, 0) is 26.0 Å². The monoisotopic (exact) mass is 435 g/mol. The summed E-state index contributed by atoms with van der Waals surface area (Å²) < 4.78 is 50.8. The smallest absolute Gasteiger partial charge is 0.306 e. The van der Waals surface area contributed by atoms with Crippen LogP contribution >= 0.6 is 0 Å². The molecule has 0 spiro atoms. The highest BCUT2D eigenvalue weighted by molar-refractivity contribution is 7.91. The van der Waals surface area contributed by atoms with E-state index < -0.39 is 37.9 Å². The van der Waals surface area contributed by atoms with Crippen molar-refractivity contribution in [1.82, 2.24) is 9.78 Å². The largest absolute Gasteiger partial charge is 0.341 e. The highest BCUT2D eigenvalue weighted by Gasteiger charge is 2.31. The summed E-state index contributed by atoms with van der Waals surface area (Å²) in [7, 11) is -5.01. The van der Waals surface area contributed by atoms with E-state index in [1.807, 2.05) is 0 Å². The van der Waals surface area contributed by atoms with Gasteiger partial charge < -0.3 is 5.32 Å². The molecule has 1 aromatic carbocycles. The van der Waals surface area contributed by atoms with Crippen molar-refractivity contribution >= 4 is 39.1 Å². The van der Waals surface area contributed by atoms with Crippen molar-refractivity contribution in [1.29, 1.82) is 0 Å². The molecule has 0 atom stereocenters. The van der Waals surface area contributed by atoms with E-state index in [0.29, 0.717) is 11.4 Å². The first-order chi connectivity index (χ1) is 14.0. The number of rotatable bonds is 4. The number of nitrogens with one attached hydrogen (secondary N) is 1. The van der Waals surface area contributed by atoms with Gasteiger partial charge in [-0.1, -0.05) is 18.7 Å². The fraction of sp³-hybridized carbons (Fsp3) is 0.167. The molecule has 2 heterocycles. The standard InChI is InChI=1S/C18H15F2N5O4S/c1-9-8-14(25(24-9)18-21-11(3)10(2)15(26)23-18)22-16(27)12-6-4-5-7-13(12)30(28,29)17(19)20/h4-8,17H,2H2,1,3H3,(H,22,27). The first kappa shape index (κ1) is 21.2. The molecule has 1 aliphatic rings. The van der Waals surface area contributed by atoms with Crippen molar-refractivity contribution in [3.05, 3.63) is 53.7 Å². The van der Waals surface area contributed by atoms with E-state index >= 15 is 0 Å². The van der Waals surface area contributed by atoms with Gasteiger partial charge in [0.2, 0.25) is 9.84 Å². The van der Waals surface area contributed by atoms with E-state index in [0.717, 1.165) is 16.8 Å². The number of carbonyl (C=O) groups is 2. The number of anilines is 1. The van der Waals surface area contributed by atoms with Gasteiger partial charge >= 0.3 is 5.76 Å². The number of nitrogens with zero attached hydrogens (tertiary/aromatic N) is 4. The second-order valence-electron chi connectivity index (χ2n) is 6.23. The molecule has 0 unspecified atom stereocenters. The molecule has 156 valence electrons. The summed E-state index contributed by atoms with van der Waals surface area (Å²) in [4.78, 5) is 31.7. The van der Waals surface area contributed by atoms with Gasteiger partial charge in [0.25, 0.3) is 17.8 Å². The molecular weight excluding hydrogens is 420 g/mol. The second kappa shape index (κ2) is 7.71. The Balaban J connectivity index is 2.01. The summed E-state index contributed by atoms with van der Waals surface area (Å²) in [6.07, 6.45) is 0. The number of benzene rings is 1. The lowest BCUT2D eigenvalue weighted by molar-refractivity contribution is -0.113. The molecule has 2 aromatic rings. The van der Waals surface area contributed by atoms with Crippen LogP contribution in [0.3, 0.4) is 0 Å². The lowest BCUT2D eigenvalue weighted by atomic mass is 10.2. The van der Waals surface area contributed by atoms with Crippen LogP contribution in [0.4, 0.5) is 14.6 Å². The van der Waals surface area contributed by atoms with Crippen molar-refractivity contribution < 1.29 is 26.8 Å². The Labute approximate surface area is 169 Å². The van der Waals surface area contributed by atoms with Gasteiger partial charge in [0.1, 0.15) is 5.82 Å². The van der Waals surface area contributed by atoms with E-state index in [2.05, 4.69) is 27.0 Å². The van der Waals surface area contributed by atoms with E-state index in [9.17, 15) is 26.8 Å². The summed E-state index contributed by atoms with van der Waals surface area (Å²) in [6, 6.07) is 6.01. The minimum Gasteiger partial charge on any atom is -0.306 e. The maximum Gasteiger partial charge on any atom is 0.341 e. The number of sulfone groups is 1. The minimum atomic E-state index is -5.01. The predicted molar refractivity (Wildman–Crippen MR) is 105 cm³/mol. The molecule has 1 aromatic heterocycles. The van der Waals surface area contributed by atoms with Crippen LogP contribution in [0.15, 0.2) is 57.4 Å². The molecule has 0 aliphatic carbocycles. The molecule has 0 fully saturated rings. The fourth-order valence-corrected chi connectivity index (χ4v) is 3.50. The predicted octanol–water partition coefficient (Wildman–Crippen LogP) is 2.20. The number of carbonyl (C=O) groups excluding carboxylic acids is 2. The number of halogens is 2. The van der Waals surface area contributed by atoms with Gasteiger partial charge in [0, 0.05) is 6.07 Å². The van der Waals surface area contributed by atoms with E-state index in [4.69, 9.17) is 0 Å². The summed E-state index contributed by atoms with van der Waals surface area (Å²) in [6.45, 7) is 6.71. The van der Waals surface area contributed by atoms with Crippen LogP contribution in [0.5, 0.6) is 0 Å². The summed E-state index contributed by atoms with van der Waals surface area (Å²) >= 11 is 0. The van der Waals surface area contributed by atoms with E-state index in [-0.39, 0.29) is 17.4 Å². The highest BCUT2D eigenvalue weighted by atomic mass is 32.2. The molecule has 0 saturated carbocycles. The van der Waals surface area contributed by atoms with Crippen LogP contribution in [0.1, 0.15) is 23.0 Å². The summed E-state index contributed by atoms with van der Waals surface area (Å²) in [5.74, 6) is -5.41. The first-order valence-electron chi connectivity index (χ1n) is 8.39. The Hall–Kier alpha value is -3.54. The van der Waals surface area contributed by atoms with Crippen LogP contribution in [0.2, 0.25) is 0 Å². The average molecular weight is 435 g/mol. The Morgan fingerprint density at radius 1 is 1.20 bits per heavy atom. The molecule has 9 nitrogen and oxygen atoms in total. The van der Waals surface area contributed by atoms with Gasteiger partial charge in [0.15, 0.2) is 0 Å². The topological polar surface area (TPSA) is 123 Å². The lowest BCUT2D eigenvalue weighted by Crippen LogP contribution is -2.26. The fourth-order valence-electron chi connectivity index (χ4n) is 2.57. The normalized spacial score (nSPS) is 14.6. The molecule has 1 aliphatic heterocycles. The Kier molecular flexibility index (Phi) is 5.44. The zero-order chi connectivity index (χ0) is 22.2. The molecule has 1 N–H and O–H groups in total. The maximum absolute atomic E-state index is 13.0. The van der Waals surface area contributed by atoms with Crippen LogP contribution in [-0.2, 0) is 14.6 Å². The molecule has 2 amide bonds. The van der Waals surface area contributed by atoms with Crippen molar-refractivity contribution in [2.45, 2.75) is 24.5 Å². The third kappa shape index (κ3) is 3.81. The van der Waals surface area contributed by atoms with Crippen LogP contribution < -0.4 is 5.32 Å². The second-order valence-corrected chi connectivity index (χ2v) is 8.12. The zero-order valence-corrected chi connectivity index (χ0v) is 16.6. The Bertz CT molecular complexity index is 1250. The van der Waals surface area contributed by atoms with Gasteiger partial charge in [-0.15, -0.1) is 0 Å². The molecule has 0 radical (unpaired) electrons. The number of amides is 2. The number of hydrogen-bond donors (Lipinski definition) is 1. The van der Waals surface area contributed by atoms with E-state index in [1.165, 1.54) is 18.2 Å². The molecule has 0 bridgehead atoms. The van der Waals surface area contributed by atoms with Crippen molar-refractivity contribution in [3.8, 4) is 0 Å². The number of hydrogen-bond acceptors (Lipinski definition) is 6. The number of aryl methyl sites for hydroxylation is 1. The quantitative estimate of drug-likeness (QED) is 0.738. The molecule has 12 heteroatoms. The lowest BCUT2D eigenvalue weighted by Gasteiger charge is -2.13. The van der Waals surface area contributed by atoms with Crippen molar-refractivity contribution in [2.24, 2.45) is 9.98 Å². The van der Waals surface area contributed by atoms with Gasteiger partial charge in [-0.3, -0.25) is 9.59 Å². The third-order valence-electron chi connectivity index (χ3n) is 4.10.